The summed E-state index contributed by atoms with van der Waals surface area (Å²) in [4.78, 5) is 2.45. The molecule has 0 aromatic heterocycles. The van der Waals surface area contributed by atoms with Crippen LogP contribution in [0.5, 0.6) is 11.5 Å². The van der Waals surface area contributed by atoms with Gasteiger partial charge in [0.1, 0.15) is 11.5 Å². The first-order valence-electron chi connectivity index (χ1n) is 6.92. The average Bonchev–Trinajstić information content (AvgIpc) is 2.79. The minimum absolute atomic E-state index is 0.175. The van der Waals surface area contributed by atoms with Crippen molar-refractivity contribution < 1.29 is 9.47 Å². The summed E-state index contributed by atoms with van der Waals surface area (Å²) in [5.74, 6) is 1.68. The summed E-state index contributed by atoms with van der Waals surface area (Å²) < 4.78 is 10.8. The SMILES string of the molecule is CCCN1CCC(N)C1c1ccc(OC)cc1OC. The van der Waals surface area contributed by atoms with Crippen molar-refractivity contribution >= 4 is 0 Å². The molecule has 2 unspecified atom stereocenters. The van der Waals surface area contributed by atoms with Gasteiger partial charge >= 0.3 is 0 Å². The van der Waals surface area contributed by atoms with Crippen LogP contribution in [0.15, 0.2) is 18.2 Å². The highest BCUT2D eigenvalue weighted by Crippen LogP contribution is 2.38. The molecule has 1 saturated heterocycles. The smallest absolute Gasteiger partial charge is 0.127 e. The Morgan fingerprint density at radius 3 is 2.74 bits per heavy atom. The molecule has 19 heavy (non-hydrogen) atoms. The van der Waals surface area contributed by atoms with Crippen molar-refractivity contribution in [1.29, 1.82) is 0 Å². The van der Waals surface area contributed by atoms with E-state index in [4.69, 9.17) is 15.2 Å². The maximum Gasteiger partial charge on any atom is 0.127 e. The van der Waals surface area contributed by atoms with Crippen LogP contribution in [0.4, 0.5) is 0 Å². The Balaban J connectivity index is 2.33. The third kappa shape index (κ3) is 2.85. The first-order chi connectivity index (χ1) is 9.21. The van der Waals surface area contributed by atoms with E-state index < -0.39 is 0 Å². The molecular weight excluding hydrogens is 240 g/mol. The van der Waals surface area contributed by atoms with E-state index in [1.807, 2.05) is 12.1 Å². The van der Waals surface area contributed by atoms with E-state index in [-0.39, 0.29) is 12.1 Å². The lowest BCUT2D eigenvalue weighted by Gasteiger charge is -2.28. The molecule has 1 aromatic rings. The van der Waals surface area contributed by atoms with Gasteiger partial charge in [-0.05, 0) is 25.5 Å². The predicted molar refractivity (Wildman–Crippen MR) is 76.7 cm³/mol. The van der Waals surface area contributed by atoms with Crippen molar-refractivity contribution in [3.05, 3.63) is 23.8 Å². The highest BCUT2D eigenvalue weighted by Gasteiger charge is 2.34. The molecule has 0 amide bonds. The monoisotopic (exact) mass is 264 g/mol. The number of benzene rings is 1. The second-order valence-electron chi connectivity index (χ2n) is 5.04. The largest absolute Gasteiger partial charge is 0.497 e. The number of nitrogens with two attached hydrogens (primary N) is 1. The highest BCUT2D eigenvalue weighted by atomic mass is 16.5. The molecule has 1 aromatic carbocycles. The predicted octanol–water partition coefficient (Wildman–Crippen LogP) is 2.19. The van der Waals surface area contributed by atoms with E-state index in [1.54, 1.807) is 14.2 Å². The number of rotatable bonds is 5. The van der Waals surface area contributed by atoms with Crippen molar-refractivity contribution in [3.63, 3.8) is 0 Å². The second kappa shape index (κ2) is 6.26. The summed E-state index contributed by atoms with van der Waals surface area (Å²) in [6, 6.07) is 6.42. The van der Waals surface area contributed by atoms with Gasteiger partial charge in [0.15, 0.2) is 0 Å². The summed E-state index contributed by atoms with van der Waals surface area (Å²) in [6.07, 6.45) is 2.18. The number of ether oxygens (including phenoxy) is 2. The molecule has 4 heteroatoms. The molecule has 2 N–H and O–H groups in total. The average molecular weight is 264 g/mol. The van der Waals surface area contributed by atoms with Gasteiger partial charge in [0.2, 0.25) is 0 Å². The van der Waals surface area contributed by atoms with E-state index in [0.717, 1.165) is 37.4 Å². The number of methoxy groups -OCH3 is 2. The fraction of sp³-hybridized carbons (Fsp3) is 0.600. The van der Waals surface area contributed by atoms with Crippen LogP contribution in [0, 0.1) is 0 Å². The van der Waals surface area contributed by atoms with Gasteiger partial charge in [-0.25, -0.2) is 0 Å². The van der Waals surface area contributed by atoms with E-state index >= 15 is 0 Å². The maximum absolute atomic E-state index is 6.30. The summed E-state index contributed by atoms with van der Waals surface area (Å²) in [5, 5.41) is 0. The Hall–Kier alpha value is -1.26. The normalized spacial score (nSPS) is 23.6. The molecule has 1 heterocycles. The molecule has 1 aliphatic heterocycles. The Morgan fingerprint density at radius 2 is 2.11 bits per heavy atom. The van der Waals surface area contributed by atoms with Gasteiger partial charge in [0.25, 0.3) is 0 Å². The lowest BCUT2D eigenvalue weighted by atomic mass is 9.99. The number of hydrogen-bond donors (Lipinski definition) is 1. The van der Waals surface area contributed by atoms with E-state index in [9.17, 15) is 0 Å². The zero-order valence-corrected chi connectivity index (χ0v) is 12.1. The summed E-state index contributed by atoms with van der Waals surface area (Å²) in [7, 11) is 3.36. The summed E-state index contributed by atoms with van der Waals surface area (Å²) >= 11 is 0. The fourth-order valence-electron chi connectivity index (χ4n) is 2.91. The van der Waals surface area contributed by atoms with Gasteiger partial charge in [-0.1, -0.05) is 13.0 Å². The quantitative estimate of drug-likeness (QED) is 0.885. The maximum atomic E-state index is 6.30. The van der Waals surface area contributed by atoms with Crippen LogP contribution in [0.3, 0.4) is 0 Å². The Kier molecular flexibility index (Phi) is 4.66. The molecule has 0 saturated carbocycles. The molecule has 106 valence electrons. The van der Waals surface area contributed by atoms with Crippen molar-refractivity contribution in [2.75, 3.05) is 27.3 Å². The number of nitrogens with zero attached hydrogens (tertiary/aromatic N) is 1. The van der Waals surface area contributed by atoms with Crippen LogP contribution in [-0.2, 0) is 0 Å². The topological polar surface area (TPSA) is 47.7 Å². The van der Waals surface area contributed by atoms with Gasteiger partial charge < -0.3 is 15.2 Å². The molecule has 1 aliphatic rings. The van der Waals surface area contributed by atoms with Gasteiger partial charge in [-0.2, -0.15) is 0 Å². The molecule has 0 spiro atoms. The lowest BCUT2D eigenvalue weighted by Crippen LogP contribution is -2.32. The minimum atomic E-state index is 0.175. The lowest BCUT2D eigenvalue weighted by molar-refractivity contribution is 0.242. The number of hydrogen-bond acceptors (Lipinski definition) is 4. The summed E-state index contributed by atoms with van der Waals surface area (Å²) in [6.45, 7) is 4.34. The molecular formula is C15H24N2O2. The zero-order chi connectivity index (χ0) is 13.8. The van der Waals surface area contributed by atoms with Crippen LogP contribution in [0.1, 0.15) is 31.4 Å². The highest BCUT2D eigenvalue weighted by molar-refractivity contribution is 5.43. The van der Waals surface area contributed by atoms with Crippen LogP contribution in [0.2, 0.25) is 0 Å². The molecule has 2 rings (SSSR count). The van der Waals surface area contributed by atoms with Crippen LogP contribution >= 0.6 is 0 Å². The first-order valence-corrected chi connectivity index (χ1v) is 6.92. The second-order valence-corrected chi connectivity index (χ2v) is 5.04. The standard InChI is InChI=1S/C15H24N2O2/c1-4-8-17-9-7-13(16)15(17)12-6-5-11(18-2)10-14(12)19-3/h5-6,10,13,15H,4,7-9,16H2,1-3H3. The summed E-state index contributed by atoms with van der Waals surface area (Å²) in [5.41, 5.74) is 7.47. The first kappa shape index (κ1) is 14.2. The van der Waals surface area contributed by atoms with Crippen molar-refractivity contribution in [2.45, 2.75) is 31.8 Å². The van der Waals surface area contributed by atoms with E-state index in [1.165, 1.54) is 5.56 Å². The van der Waals surface area contributed by atoms with Crippen LogP contribution in [0.25, 0.3) is 0 Å². The minimum Gasteiger partial charge on any atom is -0.497 e. The molecule has 4 nitrogen and oxygen atoms in total. The Labute approximate surface area is 115 Å². The fourth-order valence-corrected chi connectivity index (χ4v) is 2.91. The molecule has 0 aliphatic carbocycles. The third-order valence-corrected chi connectivity index (χ3v) is 3.82. The van der Waals surface area contributed by atoms with Crippen molar-refractivity contribution in [2.24, 2.45) is 5.73 Å². The van der Waals surface area contributed by atoms with Gasteiger partial charge in [0, 0.05) is 24.2 Å². The van der Waals surface area contributed by atoms with E-state index in [2.05, 4.69) is 17.9 Å². The third-order valence-electron chi connectivity index (χ3n) is 3.82. The Bertz CT molecular complexity index is 421. The zero-order valence-electron chi connectivity index (χ0n) is 12.1. The van der Waals surface area contributed by atoms with Crippen LogP contribution < -0.4 is 15.2 Å². The van der Waals surface area contributed by atoms with Crippen molar-refractivity contribution in [1.82, 2.24) is 4.90 Å². The Morgan fingerprint density at radius 1 is 1.32 bits per heavy atom. The van der Waals surface area contributed by atoms with Gasteiger partial charge in [-0.15, -0.1) is 0 Å². The van der Waals surface area contributed by atoms with E-state index in [0.29, 0.717) is 0 Å². The number of likely N-dealkylation sites (tertiary alicyclic amines) is 1. The van der Waals surface area contributed by atoms with Gasteiger partial charge in [-0.3, -0.25) is 4.90 Å². The van der Waals surface area contributed by atoms with Gasteiger partial charge in [0.05, 0.1) is 20.3 Å². The molecule has 0 bridgehead atoms. The molecule has 2 atom stereocenters. The van der Waals surface area contributed by atoms with Crippen LogP contribution in [-0.4, -0.2) is 38.3 Å². The van der Waals surface area contributed by atoms with Crippen molar-refractivity contribution in [3.8, 4) is 11.5 Å². The molecule has 1 fully saturated rings. The molecule has 0 radical (unpaired) electrons.